The van der Waals surface area contributed by atoms with Crippen LogP contribution in [0.25, 0.3) is 10.9 Å². The fourth-order valence-electron chi connectivity index (χ4n) is 2.64. The molecule has 2 aromatic heterocycles. The maximum Gasteiger partial charge on any atom is 0.323 e. The standard InChI is InChI=1S/C20H14ClFN6O/c21-15-7-5-12(9-16(15)22)25-20(29)26-13-4-6-14-17(10-13)27-28-18(14)11-24-19-3-1-2-8-23-19/h1-11H,(H,27,28)(H2,25,26,29)/b24-11+. The second-order valence-corrected chi connectivity index (χ2v) is 6.43. The third kappa shape index (κ3) is 4.39. The van der Waals surface area contributed by atoms with Crippen LogP contribution in [0.3, 0.4) is 0 Å². The Hall–Kier alpha value is -3.78. The number of nitrogens with one attached hydrogen (secondary N) is 3. The van der Waals surface area contributed by atoms with Crippen LogP contribution >= 0.6 is 11.6 Å². The Kier molecular flexibility index (Phi) is 5.17. The Bertz CT molecular complexity index is 1210. The van der Waals surface area contributed by atoms with Crippen molar-refractivity contribution in [3.8, 4) is 0 Å². The molecule has 0 aliphatic rings. The molecule has 29 heavy (non-hydrogen) atoms. The van der Waals surface area contributed by atoms with Crippen LogP contribution in [-0.2, 0) is 0 Å². The van der Waals surface area contributed by atoms with Crippen LogP contribution in [0, 0.1) is 5.82 Å². The fraction of sp³-hybridized carbons (Fsp3) is 0. The third-order valence-electron chi connectivity index (χ3n) is 4.00. The van der Waals surface area contributed by atoms with Gasteiger partial charge in [0.25, 0.3) is 0 Å². The number of carbonyl (C=O) groups is 1. The lowest BCUT2D eigenvalue weighted by Crippen LogP contribution is -2.19. The summed E-state index contributed by atoms with van der Waals surface area (Å²) in [6, 6.07) is 14.2. The molecule has 4 aromatic rings. The molecular formula is C20H14ClFN6O. The molecule has 4 rings (SSSR count). The molecule has 0 unspecified atom stereocenters. The molecule has 0 fully saturated rings. The van der Waals surface area contributed by atoms with Crippen LogP contribution < -0.4 is 10.6 Å². The number of pyridine rings is 1. The van der Waals surface area contributed by atoms with Gasteiger partial charge in [-0.3, -0.25) is 5.10 Å². The number of fused-ring (bicyclic) bond motifs is 1. The van der Waals surface area contributed by atoms with E-state index in [0.717, 1.165) is 17.1 Å². The number of aromatic nitrogens is 3. The van der Waals surface area contributed by atoms with Gasteiger partial charge in [0, 0.05) is 23.0 Å². The van der Waals surface area contributed by atoms with Gasteiger partial charge in [0.1, 0.15) is 5.82 Å². The number of hydrogen-bond donors (Lipinski definition) is 3. The maximum absolute atomic E-state index is 13.5. The summed E-state index contributed by atoms with van der Waals surface area (Å²) < 4.78 is 13.5. The van der Waals surface area contributed by atoms with E-state index in [2.05, 4.69) is 30.8 Å². The zero-order chi connectivity index (χ0) is 20.2. The zero-order valence-corrected chi connectivity index (χ0v) is 15.6. The van der Waals surface area contributed by atoms with Crippen LogP contribution in [0.5, 0.6) is 0 Å². The number of amides is 2. The molecular weight excluding hydrogens is 395 g/mol. The molecule has 2 heterocycles. The van der Waals surface area contributed by atoms with Crippen molar-refractivity contribution in [1.29, 1.82) is 0 Å². The van der Waals surface area contributed by atoms with Crippen molar-refractivity contribution in [1.82, 2.24) is 15.2 Å². The van der Waals surface area contributed by atoms with Crippen molar-refractivity contribution in [2.75, 3.05) is 10.6 Å². The Morgan fingerprint density at radius 2 is 1.90 bits per heavy atom. The molecule has 2 aromatic carbocycles. The number of urea groups is 1. The highest BCUT2D eigenvalue weighted by Gasteiger charge is 2.08. The van der Waals surface area contributed by atoms with Crippen LogP contribution in [0.2, 0.25) is 5.02 Å². The maximum atomic E-state index is 13.5. The molecule has 144 valence electrons. The van der Waals surface area contributed by atoms with E-state index in [1.165, 1.54) is 12.1 Å². The van der Waals surface area contributed by atoms with Gasteiger partial charge in [-0.25, -0.2) is 19.2 Å². The summed E-state index contributed by atoms with van der Waals surface area (Å²) in [5.41, 5.74) is 2.20. The molecule has 0 aliphatic heterocycles. The molecule has 0 spiro atoms. The van der Waals surface area contributed by atoms with Crippen molar-refractivity contribution in [2.24, 2.45) is 4.99 Å². The summed E-state index contributed by atoms with van der Waals surface area (Å²) >= 11 is 5.64. The molecule has 0 saturated heterocycles. The van der Waals surface area contributed by atoms with Crippen molar-refractivity contribution in [2.45, 2.75) is 0 Å². The van der Waals surface area contributed by atoms with E-state index in [4.69, 9.17) is 11.6 Å². The van der Waals surface area contributed by atoms with E-state index in [0.29, 0.717) is 22.7 Å². The van der Waals surface area contributed by atoms with E-state index >= 15 is 0 Å². The number of benzene rings is 2. The second kappa shape index (κ2) is 8.07. The number of carbonyl (C=O) groups excluding carboxylic acids is 1. The molecule has 0 atom stereocenters. The number of anilines is 2. The predicted octanol–water partition coefficient (Wildman–Crippen LogP) is 5.15. The molecule has 3 N–H and O–H groups in total. The lowest BCUT2D eigenvalue weighted by molar-refractivity contribution is 0.262. The number of rotatable bonds is 4. The second-order valence-electron chi connectivity index (χ2n) is 6.02. The summed E-state index contributed by atoms with van der Waals surface area (Å²) in [5.74, 6) is -0.0221. The van der Waals surface area contributed by atoms with E-state index in [9.17, 15) is 9.18 Å². The van der Waals surface area contributed by atoms with E-state index in [1.54, 1.807) is 30.6 Å². The minimum absolute atomic E-state index is 0.0117. The summed E-state index contributed by atoms with van der Waals surface area (Å²) in [5, 5.41) is 13.2. The first-order valence-corrected chi connectivity index (χ1v) is 8.92. The molecule has 0 saturated carbocycles. The molecule has 9 heteroatoms. The first-order valence-electron chi connectivity index (χ1n) is 8.55. The summed E-state index contributed by atoms with van der Waals surface area (Å²) in [6.45, 7) is 0. The monoisotopic (exact) mass is 408 g/mol. The Morgan fingerprint density at radius 1 is 1.10 bits per heavy atom. The van der Waals surface area contributed by atoms with Crippen molar-refractivity contribution in [3.05, 3.63) is 77.3 Å². The summed E-state index contributed by atoms with van der Waals surface area (Å²) in [7, 11) is 0. The molecule has 0 radical (unpaired) electrons. The fourth-order valence-corrected chi connectivity index (χ4v) is 2.75. The first-order chi connectivity index (χ1) is 14.1. The van der Waals surface area contributed by atoms with Crippen LogP contribution in [-0.4, -0.2) is 27.4 Å². The van der Waals surface area contributed by atoms with Crippen LogP contribution in [0.1, 0.15) is 5.69 Å². The third-order valence-corrected chi connectivity index (χ3v) is 4.30. The minimum Gasteiger partial charge on any atom is -0.308 e. The molecule has 2 amide bonds. The van der Waals surface area contributed by atoms with Gasteiger partial charge >= 0.3 is 6.03 Å². The van der Waals surface area contributed by atoms with Gasteiger partial charge < -0.3 is 10.6 Å². The van der Waals surface area contributed by atoms with Crippen LogP contribution in [0.15, 0.2) is 65.8 Å². The molecule has 0 aliphatic carbocycles. The Labute approximate surface area is 169 Å². The average Bonchev–Trinajstić information content (AvgIpc) is 3.12. The minimum atomic E-state index is -0.609. The number of H-pyrrole nitrogens is 1. The van der Waals surface area contributed by atoms with Gasteiger partial charge in [-0.1, -0.05) is 17.7 Å². The normalized spacial score (nSPS) is 11.1. The van der Waals surface area contributed by atoms with Gasteiger partial charge in [0.15, 0.2) is 5.82 Å². The van der Waals surface area contributed by atoms with Crippen molar-refractivity contribution < 1.29 is 9.18 Å². The number of aliphatic imine (C=N–C) groups is 1. The Morgan fingerprint density at radius 3 is 2.66 bits per heavy atom. The first kappa shape index (κ1) is 18.6. The highest BCUT2D eigenvalue weighted by molar-refractivity contribution is 6.30. The van der Waals surface area contributed by atoms with E-state index in [-0.39, 0.29) is 5.02 Å². The average molecular weight is 409 g/mol. The van der Waals surface area contributed by atoms with E-state index < -0.39 is 11.8 Å². The largest absolute Gasteiger partial charge is 0.323 e. The van der Waals surface area contributed by atoms with Crippen molar-refractivity contribution >= 4 is 51.9 Å². The highest BCUT2D eigenvalue weighted by Crippen LogP contribution is 2.21. The highest BCUT2D eigenvalue weighted by atomic mass is 35.5. The Balaban J connectivity index is 1.47. The van der Waals surface area contributed by atoms with Gasteiger partial charge in [0.05, 0.1) is 22.4 Å². The smallest absolute Gasteiger partial charge is 0.308 e. The summed E-state index contributed by atoms with van der Waals surface area (Å²) in [6.07, 6.45) is 3.31. The van der Waals surface area contributed by atoms with Gasteiger partial charge in [0.2, 0.25) is 0 Å². The van der Waals surface area contributed by atoms with Gasteiger partial charge in [-0.15, -0.1) is 0 Å². The number of halogens is 2. The zero-order valence-electron chi connectivity index (χ0n) is 14.9. The summed E-state index contributed by atoms with van der Waals surface area (Å²) in [4.78, 5) is 20.6. The number of nitrogens with zero attached hydrogens (tertiary/aromatic N) is 3. The molecule has 7 nitrogen and oxygen atoms in total. The van der Waals surface area contributed by atoms with Gasteiger partial charge in [-0.05, 0) is 48.5 Å². The lowest BCUT2D eigenvalue weighted by Gasteiger charge is -2.08. The topological polar surface area (TPSA) is 95.1 Å². The number of aromatic amines is 1. The molecule has 0 bridgehead atoms. The number of hydrogen-bond acceptors (Lipinski definition) is 4. The predicted molar refractivity (Wildman–Crippen MR) is 112 cm³/mol. The van der Waals surface area contributed by atoms with E-state index in [1.807, 2.05) is 18.2 Å². The van der Waals surface area contributed by atoms with Gasteiger partial charge in [-0.2, -0.15) is 5.10 Å². The van der Waals surface area contributed by atoms with Crippen molar-refractivity contribution in [3.63, 3.8) is 0 Å². The van der Waals surface area contributed by atoms with Crippen LogP contribution in [0.4, 0.5) is 26.4 Å². The lowest BCUT2D eigenvalue weighted by atomic mass is 10.2. The quantitative estimate of drug-likeness (QED) is 0.408. The SMILES string of the molecule is O=C(Nc1ccc(Cl)c(F)c1)Nc1ccc2c(/C=N/c3ccccn3)[nH]nc2c1.